The van der Waals surface area contributed by atoms with Crippen molar-refractivity contribution < 1.29 is 68.7 Å². The topological polar surface area (TPSA) is 269 Å². The molecule has 0 aromatic heterocycles. The number of ether oxygens (including phenoxy) is 5. The third kappa shape index (κ3) is 6.96. The van der Waals surface area contributed by atoms with E-state index in [1.165, 1.54) is 13.8 Å². The highest BCUT2D eigenvalue weighted by Gasteiger charge is 2.89. The van der Waals surface area contributed by atoms with Crippen LogP contribution in [0.4, 0.5) is 0 Å². The zero-order valence-electron chi connectivity index (χ0n) is 27.3. The van der Waals surface area contributed by atoms with Crippen LogP contribution >= 0.6 is 0 Å². The molecule has 48 heavy (non-hydrogen) atoms. The Balaban J connectivity index is 1.43. The van der Waals surface area contributed by atoms with Crippen molar-refractivity contribution in [2.45, 2.75) is 156 Å². The molecule has 3 aliphatic carbocycles. The Labute approximate surface area is 278 Å². The molecule has 2 amide bonds. The minimum absolute atomic E-state index is 0.0766. The van der Waals surface area contributed by atoms with E-state index in [1.54, 1.807) is 0 Å². The van der Waals surface area contributed by atoms with E-state index < -0.39 is 110 Å². The van der Waals surface area contributed by atoms with Crippen LogP contribution in [0, 0.1) is 5.92 Å². The van der Waals surface area contributed by atoms with E-state index in [2.05, 4.69) is 10.6 Å². The van der Waals surface area contributed by atoms with Crippen LogP contribution in [0.25, 0.3) is 0 Å². The summed E-state index contributed by atoms with van der Waals surface area (Å²) in [5, 5.41) is 68.7. The zero-order valence-corrected chi connectivity index (χ0v) is 27.3. The number of carbonyl (C=O) groups is 3. The molecule has 14 atom stereocenters. The molecule has 17 nitrogen and oxygen atoms in total. The Hall–Kier alpha value is -2.03. The third-order valence-corrected chi connectivity index (χ3v) is 10.7. The molecule has 8 unspecified atom stereocenters. The van der Waals surface area contributed by atoms with Gasteiger partial charge in [0.15, 0.2) is 29.9 Å². The molecule has 10 N–H and O–H groups in total. The highest BCUT2D eigenvalue weighted by molar-refractivity contribution is 5.79. The number of hydrogen-bond acceptors (Lipinski definition) is 14. The van der Waals surface area contributed by atoms with Gasteiger partial charge in [-0.25, -0.2) is 4.79 Å². The Morgan fingerprint density at radius 2 is 1.65 bits per heavy atom. The molecule has 0 aromatic rings. The van der Waals surface area contributed by atoms with Gasteiger partial charge in [-0.2, -0.15) is 0 Å². The van der Waals surface area contributed by atoms with Crippen molar-refractivity contribution in [1.29, 1.82) is 0 Å². The van der Waals surface area contributed by atoms with Gasteiger partial charge in [-0.1, -0.05) is 32.1 Å². The van der Waals surface area contributed by atoms with Crippen molar-refractivity contribution in [2.24, 2.45) is 11.7 Å². The van der Waals surface area contributed by atoms with Crippen LogP contribution < -0.4 is 16.4 Å². The predicted octanol–water partition coefficient (Wildman–Crippen LogP) is -2.64. The quantitative estimate of drug-likeness (QED) is 0.0956. The lowest BCUT2D eigenvalue weighted by Crippen LogP contribution is -2.62. The smallest absolute Gasteiger partial charge is 0.332 e. The van der Waals surface area contributed by atoms with E-state index in [4.69, 9.17) is 29.4 Å². The first-order valence-corrected chi connectivity index (χ1v) is 16.9. The average Bonchev–Trinajstić information content (AvgIpc) is 3.43. The van der Waals surface area contributed by atoms with E-state index in [-0.39, 0.29) is 18.2 Å². The molecule has 2 heterocycles. The Morgan fingerprint density at radius 3 is 2.27 bits per heavy atom. The van der Waals surface area contributed by atoms with Crippen molar-refractivity contribution in [2.75, 3.05) is 13.2 Å². The Bertz CT molecular complexity index is 1160. The average molecular weight is 690 g/mol. The first-order valence-electron chi connectivity index (χ1n) is 16.9. The second kappa shape index (κ2) is 15.1. The van der Waals surface area contributed by atoms with Crippen LogP contribution in [0.3, 0.4) is 0 Å². The van der Waals surface area contributed by atoms with Crippen LogP contribution in [0.1, 0.15) is 71.6 Å². The Morgan fingerprint density at radius 1 is 0.938 bits per heavy atom. The minimum Gasteiger partial charge on any atom is -0.479 e. The molecule has 5 rings (SSSR count). The molecule has 2 aliphatic heterocycles. The third-order valence-electron chi connectivity index (χ3n) is 10.7. The lowest BCUT2D eigenvalue weighted by atomic mass is 9.85. The molecule has 0 bridgehead atoms. The summed E-state index contributed by atoms with van der Waals surface area (Å²) in [6.45, 7) is 1.56. The number of nitrogens with one attached hydrogen (secondary N) is 2. The number of carboxylic acids is 1. The molecule has 5 fully saturated rings. The van der Waals surface area contributed by atoms with Crippen molar-refractivity contribution in [1.82, 2.24) is 10.6 Å². The van der Waals surface area contributed by atoms with E-state index in [0.29, 0.717) is 19.3 Å². The van der Waals surface area contributed by atoms with Gasteiger partial charge in [0.2, 0.25) is 11.8 Å². The van der Waals surface area contributed by atoms with Gasteiger partial charge in [-0.05, 0) is 38.5 Å². The summed E-state index contributed by atoms with van der Waals surface area (Å²) in [6, 6.07) is -2.00. The zero-order chi connectivity index (χ0) is 35.0. The minimum atomic E-state index is -1.91. The second-order valence-corrected chi connectivity index (χ2v) is 13.9. The van der Waals surface area contributed by atoms with E-state index in [9.17, 15) is 45.0 Å². The molecule has 2 saturated heterocycles. The maximum Gasteiger partial charge on any atom is 0.332 e. The number of amides is 2. The lowest BCUT2D eigenvalue weighted by Gasteiger charge is -2.45. The van der Waals surface area contributed by atoms with Gasteiger partial charge in [0.1, 0.15) is 36.6 Å². The van der Waals surface area contributed by atoms with Crippen LogP contribution in [0.5, 0.6) is 0 Å². The summed E-state index contributed by atoms with van der Waals surface area (Å²) >= 11 is 0. The molecule has 17 heteroatoms. The number of aliphatic carboxylic acids is 1. The number of hydrogen-bond donors (Lipinski definition) is 9. The van der Waals surface area contributed by atoms with Crippen LogP contribution in [0.15, 0.2) is 0 Å². The second-order valence-electron chi connectivity index (χ2n) is 13.9. The Kier molecular flexibility index (Phi) is 11.7. The first-order chi connectivity index (χ1) is 22.8. The predicted molar refractivity (Wildman–Crippen MR) is 162 cm³/mol. The summed E-state index contributed by atoms with van der Waals surface area (Å²) in [5.74, 6) is -2.24. The van der Waals surface area contributed by atoms with Gasteiger partial charge in [0.25, 0.3) is 0 Å². The fourth-order valence-corrected chi connectivity index (χ4v) is 8.03. The normalized spacial score (nSPS) is 43.6. The van der Waals surface area contributed by atoms with Crippen LogP contribution in [-0.4, -0.2) is 146 Å². The van der Waals surface area contributed by atoms with E-state index in [1.807, 2.05) is 0 Å². The summed E-state index contributed by atoms with van der Waals surface area (Å²) in [6.07, 6.45) is -7.11. The number of carbonyl (C=O) groups excluding carboxylic acids is 2. The van der Waals surface area contributed by atoms with Gasteiger partial charge in [-0.15, -0.1) is 0 Å². The summed E-state index contributed by atoms with van der Waals surface area (Å²) < 4.78 is 30.6. The molecule has 274 valence electrons. The van der Waals surface area contributed by atoms with Gasteiger partial charge in [-0.3, -0.25) is 9.59 Å². The molecular formula is C31H51N3O14. The molecule has 5 aliphatic rings. The highest BCUT2D eigenvalue weighted by Crippen LogP contribution is 2.63. The largest absolute Gasteiger partial charge is 0.479 e. The maximum absolute atomic E-state index is 12.7. The van der Waals surface area contributed by atoms with Gasteiger partial charge < -0.3 is 70.7 Å². The molecule has 3 saturated carbocycles. The number of aliphatic hydroxyl groups excluding tert-OH is 5. The molecular weight excluding hydrogens is 638 g/mol. The van der Waals surface area contributed by atoms with E-state index >= 15 is 0 Å². The van der Waals surface area contributed by atoms with Crippen molar-refractivity contribution >= 4 is 17.8 Å². The van der Waals surface area contributed by atoms with Gasteiger partial charge >= 0.3 is 5.97 Å². The number of carboxylic acid groups (broad SMARTS) is 1. The van der Waals surface area contributed by atoms with E-state index in [0.717, 1.165) is 32.1 Å². The van der Waals surface area contributed by atoms with Gasteiger partial charge in [0.05, 0.1) is 31.4 Å². The van der Waals surface area contributed by atoms with Gasteiger partial charge in [0, 0.05) is 6.92 Å². The van der Waals surface area contributed by atoms with Crippen LogP contribution in [-0.2, 0) is 38.1 Å². The summed E-state index contributed by atoms with van der Waals surface area (Å²) in [5.41, 5.74) is 1.86. The standard InChI is InChI=1S/C31H51N3O14/c1-14-21(38)22(39)23(40)27(44-14)46-24-17(33-15(2)36)9-6-10-18(24)45-28-25(34-20(37)12-32)31(29(43)30(31,13-35)48-28)47-19(26(41)42)11-16-7-4-3-5-8-16/h14,16-19,21-25,27-29,35,38-40,43H,3-13,32H2,1-2H3,(H,33,36)(H,34,37)(H,41,42)/t14?,17?,18-,19+,21-,22?,23?,24?,25?,27+,28-,29+,30?,31?/m1/s1. The monoisotopic (exact) mass is 689 g/mol. The van der Waals surface area contributed by atoms with Crippen LogP contribution in [0.2, 0.25) is 0 Å². The molecule has 0 aromatic carbocycles. The maximum atomic E-state index is 12.7. The molecule has 0 spiro atoms. The lowest BCUT2D eigenvalue weighted by molar-refractivity contribution is -0.323. The number of fused-ring (bicyclic) bond motifs is 1. The first kappa shape index (κ1) is 37.2. The highest BCUT2D eigenvalue weighted by atomic mass is 16.8. The summed E-state index contributed by atoms with van der Waals surface area (Å²) in [7, 11) is 0. The molecule has 0 radical (unpaired) electrons. The van der Waals surface area contributed by atoms with Crippen molar-refractivity contribution in [3.63, 3.8) is 0 Å². The van der Waals surface area contributed by atoms with Crippen molar-refractivity contribution in [3.8, 4) is 0 Å². The fourth-order valence-electron chi connectivity index (χ4n) is 8.03. The summed E-state index contributed by atoms with van der Waals surface area (Å²) in [4.78, 5) is 37.4. The van der Waals surface area contributed by atoms with Crippen molar-refractivity contribution in [3.05, 3.63) is 0 Å². The SMILES string of the molecule is CC(=O)NC1CCC[C@@H](O[C@@H]2OC3(CO)[C@H](O)C3(O[C@@H](CC3CCCCC3)C(=O)O)C2NC(=O)CN)C1O[C@@H]1OC(C)[C@@H](O)C(O)C1O. The number of aliphatic hydroxyl groups is 5. The number of nitrogens with two attached hydrogens (primary N) is 1. The number of rotatable bonds is 13. The fraction of sp³-hybridized carbons (Fsp3) is 0.903.